The molecule has 1 heterocycles. The number of unbranched alkanes of at least 4 members (excludes halogenated alkanes) is 2. The molecular formula is C36H47N3O5. The SMILES string of the molecule is CNC[C@H](C)CCCCCC(=O)CC(=O)/C=C(\CO)c1cc(OC)c(O)cc1Cc1cnc(N)cc1CCc1ccccc1. The minimum atomic E-state index is -0.424. The maximum atomic E-state index is 12.9. The van der Waals surface area contributed by atoms with Crippen LogP contribution in [0.5, 0.6) is 11.5 Å². The van der Waals surface area contributed by atoms with Crippen molar-refractivity contribution in [2.24, 2.45) is 5.92 Å². The molecule has 8 nitrogen and oxygen atoms in total. The predicted molar refractivity (Wildman–Crippen MR) is 176 cm³/mol. The van der Waals surface area contributed by atoms with Crippen LogP contribution in [0.4, 0.5) is 5.82 Å². The third-order valence-electron chi connectivity index (χ3n) is 7.84. The molecular weight excluding hydrogens is 554 g/mol. The standard InChI is InChI=1S/C36H47N3O5/c1-25(22-38-2)10-6-4-9-13-31(41)20-32(42)17-30(24-40)33-21-35(44-3)34(43)18-28(33)16-29-23-39-36(37)19-27(29)15-14-26-11-7-5-8-12-26/h5,7-8,11-12,17-19,21,23,25,38,40,43H,4,6,9-10,13-16,20,22,24H2,1-3H3,(H2,37,39)/b30-17+/t25-/m1/s1. The third-order valence-corrected chi connectivity index (χ3v) is 7.84. The number of aryl methyl sites for hydroxylation is 2. The molecule has 236 valence electrons. The molecule has 0 saturated carbocycles. The average Bonchev–Trinajstić information content (AvgIpc) is 3.00. The van der Waals surface area contributed by atoms with Crippen LogP contribution in [0.25, 0.3) is 5.57 Å². The van der Waals surface area contributed by atoms with Gasteiger partial charge in [-0.15, -0.1) is 0 Å². The molecule has 0 bridgehead atoms. The highest BCUT2D eigenvalue weighted by atomic mass is 16.5. The predicted octanol–water partition coefficient (Wildman–Crippen LogP) is 5.46. The summed E-state index contributed by atoms with van der Waals surface area (Å²) < 4.78 is 5.34. The van der Waals surface area contributed by atoms with Crippen LogP contribution in [0.2, 0.25) is 0 Å². The lowest BCUT2D eigenvalue weighted by molar-refractivity contribution is -0.124. The fraction of sp³-hybridized carbons (Fsp3) is 0.417. The summed E-state index contributed by atoms with van der Waals surface area (Å²) in [6.07, 6.45) is 9.03. The summed E-state index contributed by atoms with van der Waals surface area (Å²) >= 11 is 0. The van der Waals surface area contributed by atoms with Crippen LogP contribution >= 0.6 is 0 Å². The number of aliphatic hydroxyl groups excluding tert-OH is 1. The van der Waals surface area contributed by atoms with E-state index in [1.54, 1.807) is 18.3 Å². The number of aromatic nitrogens is 1. The van der Waals surface area contributed by atoms with Crippen LogP contribution in [0.3, 0.4) is 0 Å². The number of hydrogen-bond acceptors (Lipinski definition) is 8. The van der Waals surface area contributed by atoms with Crippen LogP contribution < -0.4 is 15.8 Å². The van der Waals surface area contributed by atoms with Gasteiger partial charge in [0.25, 0.3) is 0 Å². The number of ketones is 2. The van der Waals surface area contributed by atoms with Crippen molar-refractivity contribution in [2.75, 3.05) is 33.0 Å². The molecule has 44 heavy (non-hydrogen) atoms. The summed E-state index contributed by atoms with van der Waals surface area (Å²) in [7, 11) is 3.39. The van der Waals surface area contributed by atoms with Gasteiger partial charge in [-0.2, -0.15) is 0 Å². The number of hydrogen-bond donors (Lipinski definition) is 4. The van der Waals surface area contributed by atoms with E-state index in [4.69, 9.17) is 10.5 Å². The Morgan fingerprint density at radius 1 is 1.05 bits per heavy atom. The molecule has 1 aromatic heterocycles. The zero-order valence-corrected chi connectivity index (χ0v) is 26.3. The van der Waals surface area contributed by atoms with Crippen molar-refractivity contribution in [2.45, 2.75) is 64.7 Å². The summed E-state index contributed by atoms with van der Waals surface area (Å²) in [6, 6.07) is 15.2. The number of nitrogens with zero attached hydrogens (tertiary/aromatic N) is 1. The Morgan fingerprint density at radius 3 is 2.52 bits per heavy atom. The number of aliphatic hydroxyl groups is 1. The number of benzene rings is 2. The van der Waals surface area contributed by atoms with Gasteiger partial charge in [0, 0.05) is 12.6 Å². The maximum absolute atomic E-state index is 12.9. The molecule has 0 amide bonds. The van der Waals surface area contributed by atoms with Crippen molar-refractivity contribution >= 4 is 23.0 Å². The number of pyridine rings is 1. The first-order chi connectivity index (χ1) is 21.2. The number of carbonyl (C=O) groups is 2. The molecule has 3 aromatic rings. The quantitative estimate of drug-likeness (QED) is 0.0808. The van der Waals surface area contributed by atoms with Crippen LogP contribution in [-0.4, -0.2) is 54.1 Å². The third kappa shape index (κ3) is 10.9. The Hall–Kier alpha value is -4.01. The number of anilines is 1. The first kappa shape index (κ1) is 34.5. The van der Waals surface area contributed by atoms with E-state index in [1.807, 2.05) is 31.3 Å². The van der Waals surface area contributed by atoms with E-state index in [0.717, 1.165) is 56.2 Å². The minimum Gasteiger partial charge on any atom is -0.504 e. The highest BCUT2D eigenvalue weighted by Gasteiger charge is 2.18. The van der Waals surface area contributed by atoms with Crippen LogP contribution in [0, 0.1) is 5.92 Å². The van der Waals surface area contributed by atoms with Crippen LogP contribution in [-0.2, 0) is 28.9 Å². The second-order valence-electron chi connectivity index (χ2n) is 11.5. The van der Waals surface area contributed by atoms with Crippen molar-refractivity contribution in [3.63, 3.8) is 0 Å². The number of allylic oxidation sites excluding steroid dienone is 1. The Balaban J connectivity index is 1.76. The number of nitrogen functional groups attached to an aromatic ring is 1. The number of phenols is 1. The maximum Gasteiger partial charge on any atom is 0.163 e. The first-order valence-electron chi connectivity index (χ1n) is 15.4. The van der Waals surface area contributed by atoms with Gasteiger partial charge in [0.05, 0.1) is 20.1 Å². The van der Waals surface area contributed by atoms with Gasteiger partial charge >= 0.3 is 0 Å². The molecule has 8 heteroatoms. The van der Waals surface area contributed by atoms with E-state index in [0.29, 0.717) is 41.3 Å². The Kier molecular flexibility index (Phi) is 14.1. The smallest absolute Gasteiger partial charge is 0.163 e. The zero-order valence-electron chi connectivity index (χ0n) is 26.3. The summed E-state index contributed by atoms with van der Waals surface area (Å²) in [6.45, 7) is 2.76. The van der Waals surface area contributed by atoms with Gasteiger partial charge in [0.1, 0.15) is 11.6 Å². The van der Waals surface area contributed by atoms with E-state index >= 15 is 0 Å². The lowest BCUT2D eigenvalue weighted by Crippen LogP contribution is -2.15. The summed E-state index contributed by atoms with van der Waals surface area (Å²) in [5.74, 6) is 0.711. The number of aromatic hydroxyl groups is 1. The fourth-order valence-corrected chi connectivity index (χ4v) is 5.46. The number of carbonyl (C=O) groups excluding carboxylic acids is 2. The number of Topliss-reactive ketones (excluding diaryl/α,β-unsaturated/α-hetero) is 1. The van der Waals surface area contributed by atoms with Gasteiger partial charge < -0.3 is 26.0 Å². The van der Waals surface area contributed by atoms with Crippen LogP contribution in [0.15, 0.2) is 60.8 Å². The Bertz CT molecular complexity index is 1400. The zero-order chi connectivity index (χ0) is 31.9. The second-order valence-corrected chi connectivity index (χ2v) is 11.5. The van der Waals surface area contributed by atoms with Gasteiger partial charge in [-0.05, 0) is 109 Å². The highest BCUT2D eigenvalue weighted by molar-refractivity contribution is 6.07. The number of rotatable bonds is 19. The second kappa shape index (κ2) is 18.0. The molecule has 0 aliphatic heterocycles. The van der Waals surface area contributed by atoms with Gasteiger partial charge in [0.2, 0.25) is 0 Å². The van der Waals surface area contributed by atoms with E-state index in [1.165, 1.54) is 18.7 Å². The molecule has 0 aliphatic carbocycles. The topological polar surface area (TPSA) is 135 Å². The normalized spacial score (nSPS) is 12.2. The molecule has 1 atom stereocenters. The van der Waals surface area contributed by atoms with Crippen molar-refractivity contribution in [1.29, 1.82) is 0 Å². The van der Waals surface area contributed by atoms with E-state index in [-0.39, 0.29) is 29.5 Å². The van der Waals surface area contributed by atoms with Crippen molar-refractivity contribution in [1.82, 2.24) is 10.3 Å². The lowest BCUT2D eigenvalue weighted by atomic mass is 9.91. The molecule has 3 rings (SSSR count). The molecule has 5 N–H and O–H groups in total. The van der Waals surface area contributed by atoms with Crippen molar-refractivity contribution in [3.8, 4) is 11.5 Å². The van der Waals surface area contributed by atoms with E-state index in [2.05, 4.69) is 29.4 Å². The van der Waals surface area contributed by atoms with Crippen LogP contribution in [0.1, 0.15) is 73.3 Å². The molecule has 0 radical (unpaired) electrons. The Morgan fingerprint density at radius 2 is 1.82 bits per heavy atom. The molecule has 0 aliphatic rings. The fourth-order valence-electron chi connectivity index (χ4n) is 5.46. The largest absolute Gasteiger partial charge is 0.504 e. The van der Waals surface area contributed by atoms with E-state index in [9.17, 15) is 19.8 Å². The summed E-state index contributed by atoms with van der Waals surface area (Å²) in [4.78, 5) is 29.8. The summed E-state index contributed by atoms with van der Waals surface area (Å²) in [5, 5.41) is 24.1. The number of phenolic OH excluding ortho intramolecular Hbond substituents is 1. The molecule has 0 fully saturated rings. The molecule has 0 saturated heterocycles. The first-order valence-corrected chi connectivity index (χ1v) is 15.4. The van der Waals surface area contributed by atoms with Crippen molar-refractivity contribution in [3.05, 3.63) is 88.6 Å². The number of nitrogens with two attached hydrogens (primary N) is 1. The number of methoxy groups -OCH3 is 1. The summed E-state index contributed by atoms with van der Waals surface area (Å²) in [5.41, 5.74) is 10.8. The Labute approximate surface area is 261 Å². The van der Waals surface area contributed by atoms with Crippen molar-refractivity contribution < 1.29 is 24.5 Å². The van der Waals surface area contributed by atoms with Gasteiger partial charge in [0.15, 0.2) is 17.3 Å². The molecule has 2 aromatic carbocycles. The van der Waals surface area contributed by atoms with Gasteiger partial charge in [-0.1, -0.05) is 50.1 Å². The monoisotopic (exact) mass is 601 g/mol. The van der Waals surface area contributed by atoms with E-state index < -0.39 is 6.61 Å². The van der Waals surface area contributed by atoms with Gasteiger partial charge in [-0.25, -0.2) is 4.98 Å². The van der Waals surface area contributed by atoms with Gasteiger partial charge in [-0.3, -0.25) is 9.59 Å². The average molecular weight is 602 g/mol. The lowest BCUT2D eigenvalue weighted by Gasteiger charge is -2.17. The number of nitrogens with one attached hydrogen (secondary N) is 1. The number of ether oxygens (including phenoxy) is 1. The molecule has 0 spiro atoms. The minimum absolute atomic E-state index is 0.0559. The molecule has 0 unspecified atom stereocenters. The highest BCUT2D eigenvalue weighted by Crippen LogP contribution is 2.34.